The minimum absolute atomic E-state index is 0.0588. The molecule has 25 heavy (non-hydrogen) atoms. The maximum absolute atomic E-state index is 13.2. The minimum Gasteiger partial charge on any atom is -0.324 e. The number of nitrogens with zero attached hydrogens (tertiary/aromatic N) is 1. The molecule has 0 aromatic heterocycles. The van der Waals surface area contributed by atoms with Crippen LogP contribution in [0.25, 0.3) is 0 Å². The van der Waals surface area contributed by atoms with Gasteiger partial charge in [-0.15, -0.1) is 0 Å². The van der Waals surface area contributed by atoms with Gasteiger partial charge < -0.3 is 5.32 Å². The highest BCUT2D eigenvalue weighted by molar-refractivity contribution is 7.90. The van der Waals surface area contributed by atoms with Gasteiger partial charge in [-0.1, -0.05) is 12.1 Å². The van der Waals surface area contributed by atoms with Gasteiger partial charge in [0.2, 0.25) is 5.91 Å². The van der Waals surface area contributed by atoms with Crippen molar-refractivity contribution in [3.63, 3.8) is 0 Å². The van der Waals surface area contributed by atoms with E-state index in [2.05, 4.69) is 15.0 Å². The van der Waals surface area contributed by atoms with Crippen molar-refractivity contribution >= 4 is 27.5 Å². The monoisotopic (exact) mass is 365 g/mol. The number of fused-ring (bicyclic) bond motifs is 1. The lowest BCUT2D eigenvalue weighted by Gasteiger charge is -2.10. The summed E-state index contributed by atoms with van der Waals surface area (Å²) in [6, 6.07) is 8.24. The van der Waals surface area contributed by atoms with Crippen molar-refractivity contribution in [2.24, 2.45) is 4.99 Å². The van der Waals surface area contributed by atoms with Gasteiger partial charge in [-0.05, 0) is 31.2 Å². The van der Waals surface area contributed by atoms with E-state index in [0.29, 0.717) is 5.56 Å². The summed E-state index contributed by atoms with van der Waals surface area (Å²) in [7, 11) is -3.70. The predicted octanol–water partition coefficient (Wildman–Crippen LogP) is 2.03. The number of rotatable bonds is 3. The van der Waals surface area contributed by atoms with Gasteiger partial charge in [0.25, 0.3) is 10.0 Å². The van der Waals surface area contributed by atoms with E-state index in [4.69, 9.17) is 0 Å². The zero-order valence-corrected chi connectivity index (χ0v) is 13.8. The number of hydrogen-bond acceptors (Lipinski definition) is 4. The van der Waals surface area contributed by atoms with Crippen molar-refractivity contribution < 1.29 is 22.0 Å². The van der Waals surface area contributed by atoms with Gasteiger partial charge in [0, 0.05) is 17.3 Å². The number of halogens is 2. The average Bonchev–Trinajstić information content (AvgIpc) is 2.82. The maximum Gasteiger partial charge on any atom is 0.263 e. The number of aliphatic imine (C=N–C) groups is 1. The molecule has 2 N–H and O–H groups in total. The smallest absolute Gasteiger partial charge is 0.263 e. The highest BCUT2D eigenvalue weighted by Crippen LogP contribution is 2.22. The number of hydrogen-bond donors (Lipinski definition) is 2. The summed E-state index contributed by atoms with van der Waals surface area (Å²) in [5, 5.41) is 2.40. The molecule has 9 heteroatoms. The van der Waals surface area contributed by atoms with Crippen LogP contribution in [0, 0.1) is 11.6 Å². The van der Waals surface area contributed by atoms with Gasteiger partial charge >= 0.3 is 0 Å². The fourth-order valence-electron chi connectivity index (χ4n) is 2.30. The third-order valence-electron chi connectivity index (χ3n) is 3.55. The Bertz CT molecular complexity index is 990. The first kappa shape index (κ1) is 17.0. The summed E-state index contributed by atoms with van der Waals surface area (Å²) in [6.07, 6.45) is 0. The average molecular weight is 365 g/mol. The van der Waals surface area contributed by atoms with Crippen molar-refractivity contribution in [1.29, 1.82) is 0 Å². The molecule has 0 saturated heterocycles. The number of nitrogens with one attached hydrogen (secondary N) is 2. The van der Waals surface area contributed by atoms with Crippen LogP contribution in [0.15, 0.2) is 52.4 Å². The molecule has 1 aliphatic rings. The Hall–Kier alpha value is -2.81. The van der Waals surface area contributed by atoms with E-state index >= 15 is 0 Å². The predicted molar refractivity (Wildman–Crippen MR) is 87.8 cm³/mol. The molecule has 1 heterocycles. The Labute approximate surface area is 142 Å². The summed E-state index contributed by atoms with van der Waals surface area (Å²) < 4.78 is 52.4. The van der Waals surface area contributed by atoms with E-state index in [1.54, 1.807) is 18.2 Å². The van der Waals surface area contributed by atoms with E-state index in [0.717, 1.165) is 12.1 Å². The van der Waals surface area contributed by atoms with Gasteiger partial charge in [0.1, 0.15) is 11.9 Å². The molecule has 1 amide bonds. The summed E-state index contributed by atoms with van der Waals surface area (Å²) in [5.74, 6) is -2.65. The molecule has 0 radical (unpaired) electrons. The summed E-state index contributed by atoms with van der Waals surface area (Å²) >= 11 is 0. The zero-order chi connectivity index (χ0) is 18.2. The molecule has 6 nitrogen and oxygen atoms in total. The van der Waals surface area contributed by atoms with Crippen LogP contribution in [0.4, 0.5) is 14.5 Å². The molecule has 0 unspecified atom stereocenters. The molecular formula is C16H13F2N3O3S. The quantitative estimate of drug-likeness (QED) is 0.872. The van der Waals surface area contributed by atoms with E-state index in [1.165, 1.54) is 19.1 Å². The first-order valence-corrected chi connectivity index (χ1v) is 8.72. The normalized spacial score (nSPS) is 17.6. The van der Waals surface area contributed by atoms with Crippen LogP contribution < -0.4 is 10.0 Å². The Morgan fingerprint density at radius 2 is 1.88 bits per heavy atom. The summed E-state index contributed by atoms with van der Waals surface area (Å²) in [4.78, 5) is 16.3. The van der Waals surface area contributed by atoms with Crippen LogP contribution >= 0.6 is 0 Å². The largest absolute Gasteiger partial charge is 0.324 e. The van der Waals surface area contributed by atoms with E-state index < -0.39 is 33.6 Å². The van der Waals surface area contributed by atoms with Crippen molar-refractivity contribution in [2.45, 2.75) is 17.9 Å². The Kier molecular flexibility index (Phi) is 4.25. The van der Waals surface area contributed by atoms with E-state index in [-0.39, 0.29) is 16.4 Å². The second-order valence-electron chi connectivity index (χ2n) is 5.37. The zero-order valence-electron chi connectivity index (χ0n) is 13.0. The van der Waals surface area contributed by atoms with Gasteiger partial charge in [-0.2, -0.15) is 0 Å². The van der Waals surface area contributed by atoms with Crippen LogP contribution in [-0.4, -0.2) is 26.2 Å². The lowest BCUT2D eigenvalue weighted by molar-refractivity contribution is -0.117. The fourth-order valence-corrected chi connectivity index (χ4v) is 3.54. The Morgan fingerprint density at radius 1 is 1.16 bits per heavy atom. The summed E-state index contributed by atoms with van der Waals surface area (Å²) in [5.41, 5.74) is 0.443. The first-order chi connectivity index (χ1) is 11.8. The topological polar surface area (TPSA) is 87.6 Å². The van der Waals surface area contributed by atoms with Crippen LogP contribution in [0.3, 0.4) is 0 Å². The molecular weight excluding hydrogens is 352 g/mol. The number of anilines is 1. The third kappa shape index (κ3) is 3.36. The van der Waals surface area contributed by atoms with Crippen LogP contribution in [-0.2, 0) is 14.8 Å². The minimum atomic E-state index is -3.70. The number of amidine groups is 1. The Morgan fingerprint density at radius 3 is 2.60 bits per heavy atom. The highest BCUT2D eigenvalue weighted by Gasteiger charge is 2.31. The molecule has 130 valence electrons. The van der Waals surface area contributed by atoms with Crippen LogP contribution in [0.2, 0.25) is 0 Å². The van der Waals surface area contributed by atoms with Gasteiger partial charge in [-0.25, -0.2) is 17.2 Å². The number of carbonyl (C=O) groups is 1. The Balaban J connectivity index is 1.82. The molecule has 0 fully saturated rings. The van der Waals surface area contributed by atoms with Gasteiger partial charge in [-0.3, -0.25) is 14.5 Å². The lowest BCUT2D eigenvalue weighted by Crippen LogP contribution is -2.28. The van der Waals surface area contributed by atoms with Gasteiger partial charge in [0.15, 0.2) is 11.6 Å². The highest BCUT2D eigenvalue weighted by atomic mass is 32.2. The lowest BCUT2D eigenvalue weighted by atomic mass is 10.2. The van der Waals surface area contributed by atoms with E-state index in [9.17, 15) is 22.0 Å². The number of sulfonamides is 1. The van der Waals surface area contributed by atoms with Crippen molar-refractivity contribution in [2.75, 3.05) is 5.32 Å². The molecule has 0 saturated carbocycles. The molecule has 0 aliphatic carbocycles. The van der Waals surface area contributed by atoms with Crippen molar-refractivity contribution in [3.05, 3.63) is 59.7 Å². The van der Waals surface area contributed by atoms with E-state index in [1.807, 2.05) is 0 Å². The molecule has 2 aromatic rings. The molecule has 3 rings (SSSR count). The molecule has 0 bridgehead atoms. The molecule has 0 spiro atoms. The molecule has 1 aliphatic heterocycles. The first-order valence-electron chi connectivity index (χ1n) is 7.24. The van der Waals surface area contributed by atoms with Crippen molar-refractivity contribution in [1.82, 2.24) is 4.72 Å². The number of carbonyl (C=O) groups excluding carboxylic acids is 1. The van der Waals surface area contributed by atoms with Crippen molar-refractivity contribution in [3.8, 4) is 0 Å². The number of benzene rings is 2. The van der Waals surface area contributed by atoms with Gasteiger partial charge in [0.05, 0.1) is 4.90 Å². The summed E-state index contributed by atoms with van der Waals surface area (Å²) in [6.45, 7) is 1.46. The second kappa shape index (κ2) is 6.25. The molecule has 2 aromatic carbocycles. The maximum atomic E-state index is 13.2. The third-order valence-corrected chi connectivity index (χ3v) is 4.95. The fraction of sp³-hybridized carbons (Fsp3) is 0.125. The second-order valence-corrected chi connectivity index (χ2v) is 7.02. The van der Waals surface area contributed by atoms with Crippen LogP contribution in [0.5, 0.6) is 0 Å². The molecule has 1 atom stereocenters. The number of amides is 1. The standard InChI is InChI=1S/C16H13F2N3O3S/c1-9(16(22)20-10-6-7-12(17)13(18)8-10)19-15-11-4-2-3-5-14(11)25(23,24)21-15/h2-9H,1H3,(H,19,21)(H,20,22)/t9-/m0/s1. The SMILES string of the molecule is C[C@H](N=C1NS(=O)(=O)c2ccccc21)C(=O)Nc1ccc(F)c(F)c1. The van der Waals surface area contributed by atoms with Crippen LogP contribution in [0.1, 0.15) is 12.5 Å².